The number of hydrogen-bond acceptors (Lipinski definition) is 22. The molecule has 5 rings (SSSR count). The number of esters is 2. The lowest BCUT2D eigenvalue weighted by molar-refractivity contribution is -0.305. The third kappa shape index (κ3) is 19.3. The molecule has 4 aliphatic heterocycles. The van der Waals surface area contributed by atoms with Gasteiger partial charge in [-0.15, -0.1) is 0 Å². The van der Waals surface area contributed by atoms with Crippen molar-refractivity contribution in [1.29, 1.82) is 0 Å². The number of hydrogen-bond donors (Lipinski definition) is 4. The van der Waals surface area contributed by atoms with Gasteiger partial charge in [0.1, 0.15) is 54.4 Å². The first-order valence-corrected chi connectivity index (χ1v) is 31.9. The number of carbonyl (C=O) groups is 4. The summed E-state index contributed by atoms with van der Waals surface area (Å²) in [6.45, 7) is 25.6. The maximum absolute atomic E-state index is 16.0. The molecule has 4 heterocycles. The van der Waals surface area contributed by atoms with Crippen molar-refractivity contribution in [3.8, 4) is 0 Å². The molecule has 1 amide bonds. The van der Waals surface area contributed by atoms with Crippen molar-refractivity contribution in [3.63, 3.8) is 0 Å². The fourth-order valence-electron chi connectivity index (χ4n) is 12.3. The zero-order chi connectivity index (χ0) is 65.2. The molecule has 0 radical (unpaired) electrons. The molecule has 498 valence electrons. The number of amides is 1. The summed E-state index contributed by atoms with van der Waals surface area (Å²) < 4.78 is 114. The molecule has 87 heavy (non-hydrogen) atoms. The summed E-state index contributed by atoms with van der Waals surface area (Å²) in [7, 11) is 1.75. The number of halogens is 1. The molecular formula is C61H101FN4O20S. The number of alkyl carbamates (subject to hydrolysis) is 1. The van der Waals surface area contributed by atoms with Crippen LogP contribution in [0.4, 0.5) is 9.18 Å². The zero-order valence-electron chi connectivity index (χ0n) is 54.4. The first kappa shape index (κ1) is 73.7. The number of sulfonamides is 1. The molecule has 1 aromatic rings. The molecular weight excluding hydrogens is 1160 g/mol. The van der Waals surface area contributed by atoms with Crippen LogP contribution in [0, 0.1) is 47.2 Å². The van der Waals surface area contributed by atoms with Gasteiger partial charge in [-0.2, -0.15) is 0 Å². The summed E-state index contributed by atoms with van der Waals surface area (Å²) in [6, 6.07) is 4.78. The second kappa shape index (κ2) is 31.8. The third-order valence-electron chi connectivity index (χ3n) is 17.2. The van der Waals surface area contributed by atoms with Gasteiger partial charge in [0, 0.05) is 70.4 Å². The lowest BCUT2D eigenvalue weighted by Gasteiger charge is -2.45. The maximum atomic E-state index is 16.0. The number of rotatable bonds is 20. The molecule has 26 heteroatoms. The van der Waals surface area contributed by atoms with Crippen molar-refractivity contribution in [1.82, 2.24) is 14.9 Å². The van der Waals surface area contributed by atoms with Gasteiger partial charge >= 0.3 is 18.0 Å². The minimum atomic E-state index is -4.44. The number of benzene rings is 1. The number of oxime groups is 1. The van der Waals surface area contributed by atoms with E-state index in [4.69, 9.17) is 56.9 Å². The smallest absolute Gasteiger partial charge is 0.408 e. The van der Waals surface area contributed by atoms with Crippen LogP contribution in [-0.2, 0) is 81.3 Å². The average molecular weight is 1260 g/mol. The van der Waals surface area contributed by atoms with E-state index in [0.29, 0.717) is 13.0 Å². The Kier molecular flexibility index (Phi) is 27.0. The summed E-state index contributed by atoms with van der Waals surface area (Å²) in [4.78, 5) is 66.9. The molecule has 2 unspecified atom stereocenters. The standard InChI is InChI=1S/C61H101FN4O20S/c1-31(2)24-45(67)82-51-38(9)50(33(4)29-78-58-54(76-18)53(75-17)47(68)41(12)81-58)84-56(71)40(11)52(83-46-25-34(5)66(16)28-36(7)79-46)37(8)49(85-57-48(69)43(65-77-19)26-35(6)80-57)32(3)27-61(15,55(70)39(51)10)86-59(72)64-60(13,14)30-63-87(73,74)44-23-21-20-22-42(44)62/h20-23,31-41,46-54,57-58,63,68-69H,24-30H2,1-19H3,(H,64,72)/t32-,33?,34?,35+,36-,37+,38-,39+,40+,41+,46-,47+,48+,49-,50+,51+,52-,53+,54+,57-,58+,61-/m0/s1. The molecule has 4 fully saturated rings. The van der Waals surface area contributed by atoms with Crippen molar-refractivity contribution in [2.75, 3.05) is 48.1 Å². The van der Waals surface area contributed by atoms with Crippen molar-refractivity contribution in [2.45, 2.75) is 238 Å². The quantitative estimate of drug-likeness (QED) is 0.0671. The maximum Gasteiger partial charge on any atom is 0.408 e. The predicted octanol–water partition coefficient (Wildman–Crippen LogP) is 5.90. The van der Waals surface area contributed by atoms with Crippen LogP contribution in [0.1, 0.15) is 130 Å². The minimum absolute atomic E-state index is 0.0422. The van der Waals surface area contributed by atoms with Crippen molar-refractivity contribution < 1.29 is 99.1 Å². The Bertz CT molecular complexity index is 2570. The Morgan fingerprint density at radius 1 is 0.862 bits per heavy atom. The number of aliphatic hydroxyl groups is 2. The molecule has 0 aromatic heterocycles. The number of nitrogens with one attached hydrogen (secondary N) is 2. The Morgan fingerprint density at radius 3 is 2.14 bits per heavy atom. The Morgan fingerprint density at radius 2 is 1.52 bits per heavy atom. The molecule has 0 saturated carbocycles. The number of Topliss-reactive ketones (excluding diaryl/α,β-unsaturated/α-hetero) is 1. The second-order valence-corrected chi connectivity index (χ2v) is 27.7. The highest BCUT2D eigenvalue weighted by molar-refractivity contribution is 7.89. The van der Waals surface area contributed by atoms with Crippen LogP contribution in [0.25, 0.3) is 0 Å². The summed E-state index contributed by atoms with van der Waals surface area (Å²) in [5, 5.41) is 29.6. The molecule has 4 aliphatic rings. The Balaban J connectivity index is 1.71. The molecule has 0 spiro atoms. The highest BCUT2D eigenvalue weighted by atomic mass is 32.2. The van der Waals surface area contributed by atoms with Crippen molar-refractivity contribution in [2.24, 2.45) is 46.6 Å². The first-order chi connectivity index (χ1) is 40.6. The van der Waals surface area contributed by atoms with Gasteiger partial charge in [0.15, 0.2) is 30.3 Å². The van der Waals surface area contributed by atoms with Crippen LogP contribution >= 0.6 is 0 Å². The van der Waals surface area contributed by atoms with Gasteiger partial charge in [-0.25, -0.2) is 22.3 Å². The van der Waals surface area contributed by atoms with Gasteiger partial charge in [0.25, 0.3) is 0 Å². The number of likely N-dealkylation sites (N-methyl/N-ethyl adjacent to an activating group) is 1. The van der Waals surface area contributed by atoms with E-state index in [2.05, 4.69) is 20.1 Å². The second-order valence-electron chi connectivity index (χ2n) is 25.9. The van der Waals surface area contributed by atoms with E-state index in [9.17, 15) is 32.6 Å². The number of carbonyl (C=O) groups excluding carboxylic acids is 4. The van der Waals surface area contributed by atoms with Crippen LogP contribution in [0.5, 0.6) is 0 Å². The topological polar surface area (TPSA) is 293 Å². The summed E-state index contributed by atoms with van der Waals surface area (Å²) in [6.07, 6.45) is -15.1. The largest absolute Gasteiger partial charge is 0.461 e. The zero-order valence-corrected chi connectivity index (χ0v) is 55.2. The van der Waals surface area contributed by atoms with Crippen LogP contribution in [0.2, 0.25) is 0 Å². The highest BCUT2D eigenvalue weighted by Crippen LogP contribution is 2.41. The molecule has 0 aliphatic carbocycles. The van der Waals surface area contributed by atoms with Crippen LogP contribution < -0.4 is 10.0 Å². The number of ether oxygens (including phenoxy) is 11. The van der Waals surface area contributed by atoms with Gasteiger partial charge in [0.2, 0.25) is 10.0 Å². The number of ketones is 1. The highest BCUT2D eigenvalue weighted by Gasteiger charge is 2.53. The summed E-state index contributed by atoms with van der Waals surface area (Å²) in [5.41, 5.74) is -3.39. The van der Waals surface area contributed by atoms with Crippen molar-refractivity contribution >= 4 is 39.6 Å². The number of nitrogens with zero attached hydrogens (tertiary/aromatic N) is 2. The van der Waals surface area contributed by atoms with E-state index >= 15 is 9.59 Å². The summed E-state index contributed by atoms with van der Waals surface area (Å²) >= 11 is 0. The molecule has 0 bridgehead atoms. The monoisotopic (exact) mass is 1260 g/mol. The number of methoxy groups -OCH3 is 2. The van der Waals surface area contributed by atoms with Gasteiger partial charge in [0.05, 0.1) is 60.2 Å². The lowest BCUT2D eigenvalue weighted by atomic mass is 9.74. The van der Waals surface area contributed by atoms with Gasteiger partial charge in [-0.05, 0) is 92.8 Å². The van der Waals surface area contributed by atoms with Crippen LogP contribution in [-0.4, -0.2) is 204 Å². The lowest BCUT2D eigenvalue weighted by Crippen LogP contribution is -2.59. The molecule has 24 nitrogen and oxygen atoms in total. The van der Waals surface area contributed by atoms with E-state index in [1.54, 1.807) is 48.5 Å². The number of cyclic esters (lactones) is 1. The molecule has 1 aromatic carbocycles. The van der Waals surface area contributed by atoms with E-state index in [0.717, 1.165) is 12.1 Å². The van der Waals surface area contributed by atoms with Crippen molar-refractivity contribution in [3.05, 3.63) is 30.1 Å². The molecule has 22 atom stereocenters. The van der Waals surface area contributed by atoms with E-state index in [1.165, 1.54) is 61.2 Å². The average Bonchev–Trinajstić information content (AvgIpc) is 1.46. The number of aliphatic hydroxyl groups excluding tert-OH is 2. The van der Waals surface area contributed by atoms with E-state index < -0.39 is 178 Å². The van der Waals surface area contributed by atoms with Crippen LogP contribution in [0.3, 0.4) is 0 Å². The van der Waals surface area contributed by atoms with Crippen LogP contribution in [0.15, 0.2) is 34.3 Å². The Labute approximate surface area is 514 Å². The summed E-state index contributed by atoms with van der Waals surface area (Å²) in [5.74, 6) is -9.35. The fourth-order valence-corrected chi connectivity index (χ4v) is 13.6. The first-order valence-electron chi connectivity index (χ1n) is 30.4. The van der Waals surface area contributed by atoms with Gasteiger partial charge in [-0.3, -0.25) is 14.4 Å². The Hall–Kier alpha value is -4.03. The normalized spacial score (nSPS) is 37.3. The van der Waals surface area contributed by atoms with Gasteiger partial charge in [-0.1, -0.05) is 65.8 Å². The third-order valence-corrected chi connectivity index (χ3v) is 18.6. The van der Waals surface area contributed by atoms with E-state index in [1.807, 2.05) is 34.7 Å². The predicted molar refractivity (Wildman–Crippen MR) is 316 cm³/mol. The van der Waals surface area contributed by atoms with Gasteiger partial charge < -0.3 is 77.4 Å². The SMILES string of the molecule is CON=C1C[C@@H](C)O[C@@H](O[C@@H]2[C@@H](C)[C@H](O[C@H]3CC(C)N(C)C[C@H](C)O3)[C@@H](C)C(=O)O[C@H](C(C)CO[C@@H]3O[C@H](C)[C@@H](O)[C@@H](OC)[C@H]3OC)[C@H](C)[C@@H](OC(=O)CC(C)C)[C@@H](C)C(=O)[C@@](C)(OC(=O)NC(C)(C)CNS(=O)(=O)c3ccccc3F)C[C@@H]2C)[C@@H]1O. The molecule has 4 saturated heterocycles. The molecule has 4 N–H and O–H groups in total. The fraction of sp³-hybridized carbons (Fsp3) is 0.820. The van der Waals surface area contributed by atoms with E-state index in [-0.39, 0.29) is 49.6 Å². The minimum Gasteiger partial charge on any atom is -0.461 e.